The number of rotatable bonds is 3. The zero-order valence-electron chi connectivity index (χ0n) is 7.25. The van der Waals surface area contributed by atoms with Gasteiger partial charge < -0.3 is 5.11 Å². The van der Waals surface area contributed by atoms with Crippen LogP contribution in [0.4, 0.5) is 0 Å². The molecule has 0 aromatic carbocycles. The molecule has 0 bridgehead atoms. The van der Waals surface area contributed by atoms with Gasteiger partial charge in [0.2, 0.25) is 0 Å². The van der Waals surface area contributed by atoms with Crippen molar-refractivity contribution >= 4 is 21.9 Å². The minimum atomic E-state index is -0.824. The first-order valence-corrected chi connectivity index (χ1v) is 4.78. The molecule has 0 atom stereocenters. The highest BCUT2D eigenvalue weighted by Crippen LogP contribution is 2.14. The van der Waals surface area contributed by atoms with Crippen molar-refractivity contribution in [3.8, 4) is 0 Å². The molecular weight excluding hydrogens is 234 g/mol. The molecule has 0 radical (unpaired) electrons. The van der Waals surface area contributed by atoms with Crippen LogP contribution in [0.1, 0.15) is 18.2 Å². The normalized spacial score (nSPS) is 10.0. The topological polar surface area (TPSA) is 50.2 Å². The van der Waals surface area contributed by atoms with Crippen LogP contribution in [0.5, 0.6) is 0 Å². The van der Waals surface area contributed by atoms with Crippen LogP contribution >= 0.6 is 15.9 Å². The first-order valence-electron chi connectivity index (χ1n) is 3.98. The maximum absolute atomic E-state index is 10.5. The molecule has 4 heteroatoms. The number of aliphatic carboxylic acids is 1. The summed E-state index contributed by atoms with van der Waals surface area (Å²) in [6.45, 7) is 1.96. The SMILES string of the molecule is CCc1ncc(Br)cc1CC(=O)O. The minimum Gasteiger partial charge on any atom is -0.481 e. The lowest BCUT2D eigenvalue weighted by Crippen LogP contribution is -2.04. The lowest BCUT2D eigenvalue weighted by molar-refractivity contribution is -0.136. The quantitative estimate of drug-likeness (QED) is 0.884. The monoisotopic (exact) mass is 243 g/mol. The number of aromatic nitrogens is 1. The Balaban J connectivity index is 3.01. The van der Waals surface area contributed by atoms with Crippen molar-refractivity contribution in [1.82, 2.24) is 4.98 Å². The number of hydrogen-bond acceptors (Lipinski definition) is 2. The molecule has 0 fully saturated rings. The van der Waals surface area contributed by atoms with Crippen LogP contribution < -0.4 is 0 Å². The fourth-order valence-electron chi connectivity index (χ4n) is 1.14. The summed E-state index contributed by atoms with van der Waals surface area (Å²) in [7, 11) is 0. The molecule has 0 aliphatic heterocycles. The molecule has 0 spiro atoms. The predicted molar refractivity (Wildman–Crippen MR) is 52.7 cm³/mol. The molecule has 0 saturated heterocycles. The van der Waals surface area contributed by atoms with Crippen LogP contribution in [-0.2, 0) is 17.6 Å². The first-order chi connectivity index (χ1) is 6.13. The van der Waals surface area contributed by atoms with E-state index in [-0.39, 0.29) is 6.42 Å². The van der Waals surface area contributed by atoms with Crippen LogP contribution in [0.2, 0.25) is 0 Å². The number of carboxylic acid groups (broad SMARTS) is 1. The van der Waals surface area contributed by atoms with E-state index in [4.69, 9.17) is 5.11 Å². The Labute approximate surface area is 84.9 Å². The second kappa shape index (κ2) is 4.37. The van der Waals surface area contributed by atoms with Crippen molar-refractivity contribution in [3.63, 3.8) is 0 Å². The van der Waals surface area contributed by atoms with Gasteiger partial charge in [0.25, 0.3) is 0 Å². The van der Waals surface area contributed by atoms with E-state index >= 15 is 0 Å². The van der Waals surface area contributed by atoms with Gasteiger partial charge >= 0.3 is 5.97 Å². The maximum atomic E-state index is 10.5. The maximum Gasteiger partial charge on any atom is 0.307 e. The molecular formula is C9H10BrNO2. The van der Waals surface area contributed by atoms with Crippen molar-refractivity contribution in [3.05, 3.63) is 28.0 Å². The fraction of sp³-hybridized carbons (Fsp3) is 0.333. The van der Waals surface area contributed by atoms with Crippen LogP contribution in [0.25, 0.3) is 0 Å². The highest BCUT2D eigenvalue weighted by atomic mass is 79.9. The number of halogens is 1. The molecule has 1 aromatic rings. The first kappa shape index (κ1) is 10.2. The smallest absolute Gasteiger partial charge is 0.307 e. The Morgan fingerprint density at radius 2 is 2.38 bits per heavy atom. The molecule has 0 aliphatic carbocycles. The van der Waals surface area contributed by atoms with Gasteiger partial charge in [-0.1, -0.05) is 6.92 Å². The molecule has 0 amide bonds. The Morgan fingerprint density at radius 1 is 1.69 bits per heavy atom. The van der Waals surface area contributed by atoms with Crippen molar-refractivity contribution < 1.29 is 9.90 Å². The average Bonchev–Trinajstić information content (AvgIpc) is 2.03. The number of pyridine rings is 1. The summed E-state index contributed by atoms with van der Waals surface area (Å²) in [6, 6.07) is 1.81. The fourth-order valence-corrected chi connectivity index (χ4v) is 1.52. The summed E-state index contributed by atoms with van der Waals surface area (Å²) < 4.78 is 0.820. The van der Waals surface area contributed by atoms with Gasteiger partial charge in [0, 0.05) is 16.4 Å². The number of hydrogen-bond donors (Lipinski definition) is 1. The van der Waals surface area contributed by atoms with E-state index in [0.717, 1.165) is 22.2 Å². The van der Waals surface area contributed by atoms with Gasteiger partial charge in [-0.3, -0.25) is 9.78 Å². The summed E-state index contributed by atoms with van der Waals surface area (Å²) in [6.07, 6.45) is 2.48. The Bertz CT molecular complexity index is 325. The lowest BCUT2D eigenvalue weighted by Gasteiger charge is -2.04. The van der Waals surface area contributed by atoms with Crippen LogP contribution in [0.3, 0.4) is 0 Å². The van der Waals surface area contributed by atoms with E-state index in [2.05, 4.69) is 20.9 Å². The number of carboxylic acids is 1. The molecule has 70 valence electrons. The van der Waals surface area contributed by atoms with Gasteiger partial charge in [-0.15, -0.1) is 0 Å². The molecule has 0 saturated carbocycles. The molecule has 3 nitrogen and oxygen atoms in total. The average molecular weight is 244 g/mol. The van der Waals surface area contributed by atoms with Crippen LogP contribution in [0.15, 0.2) is 16.7 Å². The Morgan fingerprint density at radius 3 is 2.92 bits per heavy atom. The van der Waals surface area contributed by atoms with E-state index in [1.807, 2.05) is 6.92 Å². The van der Waals surface area contributed by atoms with Crippen molar-refractivity contribution in [2.75, 3.05) is 0 Å². The standard InChI is InChI=1S/C9H10BrNO2/c1-2-8-6(4-9(12)13)3-7(10)5-11-8/h3,5H,2,4H2,1H3,(H,12,13). The number of aryl methyl sites for hydroxylation is 1. The molecule has 13 heavy (non-hydrogen) atoms. The summed E-state index contributed by atoms with van der Waals surface area (Å²) in [5, 5.41) is 8.63. The highest BCUT2D eigenvalue weighted by Gasteiger charge is 2.06. The van der Waals surface area contributed by atoms with Crippen molar-refractivity contribution in [1.29, 1.82) is 0 Å². The van der Waals surface area contributed by atoms with Gasteiger partial charge in [-0.05, 0) is 34.0 Å². The third-order valence-corrected chi connectivity index (χ3v) is 2.14. The Kier molecular flexibility index (Phi) is 3.42. The van der Waals surface area contributed by atoms with Crippen molar-refractivity contribution in [2.45, 2.75) is 19.8 Å². The Hall–Kier alpha value is -0.900. The zero-order valence-corrected chi connectivity index (χ0v) is 8.84. The molecule has 1 rings (SSSR count). The van der Waals surface area contributed by atoms with Gasteiger partial charge in [-0.25, -0.2) is 0 Å². The number of carbonyl (C=O) groups is 1. The minimum absolute atomic E-state index is 0.0373. The third kappa shape index (κ3) is 2.81. The lowest BCUT2D eigenvalue weighted by atomic mass is 10.1. The second-order valence-electron chi connectivity index (χ2n) is 2.68. The van der Waals surface area contributed by atoms with E-state index in [1.165, 1.54) is 0 Å². The molecule has 0 unspecified atom stereocenters. The third-order valence-electron chi connectivity index (χ3n) is 1.70. The van der Waals surface area contributed by atoms with Crippen LogP contribution in [0, 0.1) is 0 Å². The second-order valence-corrected chi connectivity index (χ2v) is 3.60. The van der Waals surface area contributed by atoms with Gasteiger partial charge in [0.1, 0.15) is 0 Å². The molecule has 0 aliphatic rings. The van der Waals surface area contributed by atoms with E-state index < -0.39 is 5.97 Å². The van der Waals surface area contributed by atoms with Gasteiger partial charge in [-0.2, -0.15) is 0 Å². The zero-order chi connectivity index (χ0) is 9.84. The summed E-state index contributed by atoms with van der Waals surface area (Å²) in [4.78, 5) is 14.6. The highest BCUT2D eigenvalue weighted by molar-refractivity contribution is 9.10. The number of nitrogens with zero attached hydrogens (tertiary/aromatic N) is 1. The summed E-state index contributed by atoms with van der Waals surface area (Å²) in [5.41, 5.74) is 1.63. The molecule has 1 N–H and O–H groups in total. The summed E-state index contributed by atoms with van der Waals surface area (Å²) >= 11 is 3.26. The van der Waals surface area contributed by atoms with Crippen molar-refractivity contribution in [2.24, 2.45) is 0 Å². The predicted octanol–water partition coefficient (Wildman–Crippen LogP) is 2.03. The van der Waals surface area contributed by atoms with E-state index in [9.17, 15) is 4.79 Å². The largest absolute Gasteiger partial charge is 0.481 e. The van der Waals surface area contributed by atoms with E-state index in [1.54, 1.807) is 12.3 Å². The van der Waals surface area contributed by atoms with Gasteiger partial charge in [0.15, 0.2) is 0 Å². The molecule has 1 heterocycles. The summed E-state index contributed by atoms with van der Waals surface area (Å²) in [5.74, 6) is -0.824. The van der Waals surface area contributed by atoms with E-state index in [0.29, 0.717) is 0 Å². The van der Waals surface area contributed by atoms with Gasteiger partial charge in [0.05, 0.1) is 6.42 Å². The molecule has 1 aromatic heterocycles. The van der Waals surface area contributed by atoms with Crippen LogP contribution in [-0.4, -0.2) is 16.1 Å².